The Bertz CT molecular complexity index is 1360. The van der Waals surface area contributed by atoms with E-state index in [1.807, 2.05) is 26.1 Å². The number of hydrogen-bond acceptors (Lipinski definition) is 7. The third-order valence-corrected chi connectivity index (χ3v) is 5.70. The number of phenolic OH excluding ortho intramolecular Hbond substituents is 1. The molecule has 4 rings (SSSR count). The summed E-state index contributed by atoms with van der Waals surface area (Å²) in [7, 11) is 1.96. The van der Waals surface area contributed by atoms with Gasteiger partial charge in [-0.05, 0) is 55.9 Å². The quantitative estimate of drug-likeness (QED) is 0.293. The first-order valence-corrected chi connectivity index (χ1v) is 11.2. The summed E-state index contributed by atoms with van der Waals surface area (Å²) in [5.74, 6) is -0.725. The lowest BCUT2D eigenvalue weighted by atomic mass is 10.1. The number of aryl methyl sites for hydroxylation is 1. The number of carbonyl (C=O) groups is 1. The van der Waals surface area contributed by atoms with Crippen LogP contribution in [0.2, 0.25) is 0 Å². The number of likely N-dealkylation sites (N-methyl/N-ethyl adjacent to an activating group) is 1. The Labute approximate surface area is 202 Å². The molecule has 0 fully saturated rings. The fourth-order valence-electron chi connectivity index (χ4n) is 3.81. The highest BCUT2D eigenvalue weighted by Crippen LogP contribution is 2.28. The van der Waals surface area contributed by atoms with E-state index in [2.05, 4.69) is 25.5 Å². The Kier molecular flexibility index (Phi) is 7.23. The first kappa shape index (κ1) is 24.1. The molecule has 0 bridgehead atoms. The van der Waals surface area contributed by atoms with Crippen molar-refractivity contribution in [3.8, 4) is 17.0 Å². The third-order valence-electron chi connectivity index (χ3n) is 5.70. The van der Waals surface area contributed by atoms with Crippen molar-refractivity contribution >= 4 is 23.1 Å². The van der Waals surface area contributed by atoms with Crippen molar-refractivity contribution in [3.05, 3.63) is 71.9 Å². The average molecular weight is 478 g/mol. The van der Waals surface area contributed by atoms with Gasteiger partial charge in [-0.25, -0.2) is 14.4 Å². The van der Waals surface area contributed by atoms with Crippen LogP contribution in [-0.2, 0) is 0 Å². The molecular formula is C25H28FN7O2. The van der Waals surface area contributed by atoms with E-state index >= 15 is 0 Å². The Morgan fingerprint density at radius 2 is 2.03 bits per heavy atom. The van der Waals surface area contributed by atoms with E-state index in [-0.39, 0.29) is 5.91 Å². The molecule has 0 saturated carbocycles. The molecule has 2 aromatic heterocycles. The number of aromatic hydroxyl groups is 1. The summed E-state index contributed by atoms with van der Waals surface area (Å²) in [6.07, 6.45) is 4.97. The lowest BCUT2D eigenvalue weighted by Crippen LogP contribution is -2.35. The minimum absolute atomic E-state index is 0.130. The molecule has 0 aliphatic carbocycles. The molecule has 0 radical (unpaired) electrons. The van der Waals surface area contributed by atoms with Crippen molar-refractivity contribution in [2.75, 3.05) is 38.5 Å². The van der Waals surface area contributed by atoms with E-state index < -0.39 is 11.6 Å². The first-order valence-electron chi connectivity index (χ1n) is 11.2. The molecule has 2 heterocycles. The van der Waals surface area contributed by atoms with Gasteiger partial charge in [-0.15, -0.1) is 0 Å². The summed E-state index contributed by atoms with van der Waals surface area (Å²) in [4.78, 5) is 23.5. The van der Waals surface area contributed by atoms with Crippen molar-refractivity contribution in [2.45, 2.75) is 6.92 Å². The van der Waals surface area contributed by atoms with Crippen LogP contribution in [-0.4, -0.2) is 63.5 Å². The van der Waals surface area contributed by atoms with Gasteiger partial charge >= 0.3 is 0 Å². The predicted molar refractivity (Wildman–Crippen MR) is 133 cm³/mol. The number of imidazole rings is 1. The largest absolute Gasteiger partial charge is 0.505 e. The minimum Gasteiger partial charge on any atom is -0.505 e. The zero-order valence-electron chi connectivity index (χ0n) is 19.6. The second-order valence-corrected chi connectivity index (χ2v) is 8.28. The highest BCUT2D eigenvalue weighted by atomic mass is 19.1. The summed E-state index contributed by atoms with van der Waals surface area (Å²) >= 11 is 0. The summed E-state index contributed by atoms with van der Waals surface area (Å²) in [5.41, 5.74) is 9.50. The fourth-order valence-corrected chi connectivity index (χ4v) is 3.81. The van der Waals surface area contributed by atoms with Crippen LogP contribution < -0.4 is 16.4 Å². The summed E-state index contributed by atoms with van der Waals surface area (Å²) < 4.78 is 15.7. The topological polar surface area (TPSA) is 121 Å². The van der Waals surface area contributed by atoms with Crippen LogP contribution in [0.25, 0.3) is 16.9 Å². The summed E-state index contributed by atoms with van der Waals surface area (Å²) in [6, 6.07) is 9.65. The van der Waals surface area contributed by atoms with Crippen LogP contribution in [0.4, 0.5) is 15.9 Å². The second kappa shape index (κ2) is 10.5. The predicted octanol–water partition coefficient (Wildman–Crippen LogP) is 2.91. The molecule has 2 aromatic carbocycles. The maximum atomic E-state index is 13.9. The van der Waals surface area contributed by atoms with Crippen LogP contribution in [0.5, 0.6) is 5.75 Å². The van der Waals surface area contributed by atoms with Crippen LogP contribution in [0.3, 0.4) is 0 Å². The highest BCUT2D eigenvalue weighted by Gasteiger charge is 2.14. The number of anilines is 2. The van der Waals surface area contributed by atoms with Gasteiger partial charge in [-0.3, -0.25) is 9.20 Å². The van der Waals surface area contributed by atoms with Gasteiger partial charge in [0.2, 0.25) is 0 Å². The van der Waals surface area contributed by atoms with Gasteiger partial charge in [0, 0.05) is 55.4 Å². The molecule has 5 N–H and O–H groups in total. The van der Waals surface area contributed by atoms with Crippen LogP contribution in [0.15, 0.2) is 55.0 Å². The standard InChI is InChI=1S/C25H28FN7O2/c1-16-13-18(4-5-19(16)25(35)29-8-11-32(2)10-7-27)31-23-24-30-15-21(33(24)12-9-28-23)17-3-6-22(34)20(26)14-17/h3-6,9,12-15,34H,7-8,10-11,27H2,1-2H3,(H,28,31)(H,29,35). The van der Waals surface area contributed by atoms with E-state index in [1.165, 1.54) is 12.1 Å². The van der Waals surface area contributed by atoms with Crippen LogP contribution in [0.1, 0.15) is 15.9 Å². The van der Waals surface area contributed by atoms with E-state index in [4.69, 9.17) is 5.73 Å². The Hall–Kier alpha value is -4.02. The average Bonchev–Trinajstić information content (AvgIpc) is 3.26. The van der Waals surface area contributed by atoms with Gasteiger partial charge in [-0.1, -0.05) is 0 Å². The van der Waals surface area contributed by atoms with E-state index in [1.54, 1.807) is 35.1 Å². The van der Waals surface area contributed by atoms with Crippen molar-refractivity contribution in [1.29, 1.82) is 0 Å². The number of nitrogens with one attached hydrogen (secondary N) is 2. The lowest BCUT2D eigenvalue weighted by Gasteiger charge is -2.16. The third kappa shape index (κ3) is 5.39. The molecule has 0 aliphatic rings. The number of amides is 1. The fraction of sp³-hybridized carbons (Fsp3) is 0.240. The van der Waals surface area contributed by atoms with Crippen molar-refractivity contribution in [2.24, 2.45) is 5.73 Å². The number of nitrogens with two attached hydrogens (primary N) is 1. The molecule has 4 aromatic rings. The van der Waals surface area contributed by atoms with E-state index in [0.29, 0.717) is 41.4 Å². The molecule has 35 heavy (non-hydrogen) atoms. The Morgan fingerprint density at radius 3 is 2.77 bits per heavy atom. The lowest BCUT2D eigenvalue weighted by molar-refractivity contribution is 0.0949. The van der Waals surface area contributed by atoms with Crippen molar-refractivity contribution in [3.63, 3.8) is 0 Å². The highest BCUT2D eigenvalue weighted by molar-refractivity contribution is 5.96. The Morgan fingerprint density at radius 1 is 1.20 bits per heavy atom. The number of rotatable bonds is 9. The summed E-state index contributed by atoms with van der Waals surface area (Å²) in [6.45, 7) is 4.49. The SMILES string of the molecule is Cc1cc(Nc2nccn3c(-c4ccc(O)c(F)c4)cnc23)ccc1C(=O)NCCN(C)CCN. The van der Waals surface area contributed by atoms with Gasteiger partial charge in [0.25, 0.3) is 5.91 Å². The molecular weight excluding hydrogens is 449 g/mol. The number of aromatic nitrogens is 3. The van der Waals surface area contributed by atoms with Crippen LogP contribution in [0, 0.1) is 12.7 Å². The van der Waals surface area contributed by atoms with Gasteiger partial charge in [-0.2, -0.15) is 0 Å². The van der Waals surface area contributed by atoms with Crippen molar-refractivity contribution in [1.82, 2.24) is 24.6 Å². The number of carbonyl (C=O) groups excluding carboxylic acids is 1. The molecule has 0 atom stereocenters. The number of benzene rings is 2. The van der Waals surface area contributed by atoms with Gasteiger partial charge in [0.1, 0.15) is 0 Å². The number of halogens is 1. The molecule has 1 amide bonds. The number of nitrogens with zero attached hydrogens (tertiary/aromatic N) is 4. The second-order valence-electron chi connectivity index (χ2n) is 8.28. The van der Waals surface area contributed by atoms with Crippen molar-refractivity contribution < 1.29 is 14.3 Å². The minimum atomic E-state index is -0.702. The van der Waals surface area contributed by atoms with Crippen LogP contribution >= 0.6 is 0 Å². The molecule has 0 unspecified atom stereocenters. The monoisotopic (exact) mass is 477 g/mol. The maximum Gasteiger partial charge on any atom is 0.251 e. The van der Waals surface area contributed by atoms with Gasteiger partial charge in [0.05, 0.1) is 11.9 Å². The molecule has 9 nitrogen and oxygen atoms in total. The van der Waals surface area contributed by atoms with Gasteiger partial charge < -0.3 is 26.4 Å². The normalized spacial score (nSPS) is 11.2. The zero-order valence-corrected chi connectivity index (χ0v) is 19.6. The zero-order chi connectivity index (χ0) is 24.9. The van der Waals surface area contributed by atoms with E-state index in [9.17, 15) is 14.3 Å². The molecule has 0 spiro atoms. The summed E-state index contributed by atoms with van der Waals surface area (Å²) in [5, 5.41) is 15.7. The first-order chi connectivity index (χ1) is 16.9. The molecule has 182 valence electrons. The number of hydrogen-bond donors (Lipinski definition) is 4. The molecule has 0 aliphatic heterocycles. The number of phenols is 1. The maximum absolute atomic E-state index is 13.9. The Balaban J connectivity index is 1.50. The molecule has 10 heteroatoms. The van der Waals surface area contributed by atoms with E-state index in [0.717, 1.165) is 24.3 Å². The molecule has 0 saturated heterocycles. The smallest absolute Gasteiger partial charge is 0.251 e. The number of fused-ring (bicyclic) bond motifs is 1. The van der Waals surface area contributed by atoms with Gasteiger partial charge in [0.15, 0.2) is 23.0 Å².